The molecule has 2 rings (SSSR count). The molecule has 1 N–H and O–H groups in total. The Hall–Kier alpha value is -1.16. The summed E-state index contributed by atoms with van der Waals surface area (Å²) >= 11 is 12.0. The van der Waals surface area contributed by atoms with Gasteiger partial charge in [0.25, 0.3) is 0 Å². The fourth-order valence-electron chi connectivity index (χ4n) is 1.77. The highest BCUT2D eigenvalue weighted by Gasteiger charge is 2.15. The Labute approximate surface area is 116 Å². The van der Waals surface area contributed by atoms with Gasteiger partial charge in [-0.05, 0) is 31.2 Å². The smallest absolute Gasteiger partial charge is 0.0763 e. The minimum Gasteiger partial charge on any atom is -0.311 e. The van der Waals surface area contributed by atoms with Crippen LogP contribution >= 0.6 is 23.2 Å². The first-order chi connectivity index (χ1) is 8.70. The number of likely N-dealkylation sites (N-methyl/N-ethyl adjacent to an activating group) is 1. The summed E-state index contributed by atoms with van der Waals surface area (Å²) in [7, 11) is 1.88. The van der Waals surface area contributed by atoms with Gasteiger partial charge in [-0.2, -0.15) is 0 Å². The van der Waals surface area contributed by atoms with Gasteiger partial charge in [-0.15, -0.1) is 0 Å². The predicted molar refractivity (Wildman–Crippen MR) is 74.0 cm³/mol. The predicted octanol–water partition coefficient (Wildman–Crippen LogP) is 3.29. The first-order valence-corrected chi connectivity index (χ1v) is 6.33. The van der Waals surface area contributed by atoms with E-state index in [1.54, 1.807) is 18.5 Å². The van der Waals surface area contributed by atoms with Crippen molar-refractivity contribution in [2.45, 2.75) is 12.5 Å². The van der Waals surface area contributed by atoms with E-state index < -0.39 is 0 Å². The van der Waals surface area contributed by atoms with Gasteiger partial charge >= 0.3 is 0 Å². The lowest BCUT2D eigenvalue weighted by Gasteiger charge is -2.16. The van der Waals surface area contributed by atoms with Crippen molar-refractivity contribution in [2.24, 2.45) is 0 Å². The Bertz CT molecular complexity index is 517. The van der Waals surface area contributed by atoms with Gasteiger partial charge in [0, 0.05) is 18.6 Å². The summed E-state index contributed by atoms with van der Waals surface area (Å²) < 4.78 is 0. The number of nitrogens with one attached hydrogen (secondary N) is 1. The summed E-state index contributed by atoms with van der Waals surface area (Å²) in [6.45, 7) is 0. The Morgan fingerprint density at radius 1 is 1.33 bits per heavy atom. The van der Waals surface area contributed by atoms with Gasteiger partial charge in [0.05, 0.1) is 21.8 Å². The third-order valence-electron chi connectivity index (χ3n) is 2.68. The number of aromatic nitrogens is 2. The molecule has 0 aliphatic rings. The molecule has 0 spiro atoms. The largest absolute Gasteiger partial charge is 0.311 e. The SMILES string of the molecule is CNC(Cc1cccnc1)c1ncc(Cl)cc1Cl. The number of nitrogens with zero attached hydrogens (tertiary/aromatic N) is 2. The van der Waals surface area contributed by atoms with Crippen LogP contribution in [0.3, 0.4) is 0 Å². The molecule has 0 saturated carbocycles. The first kappa shape index (κ1) is 13.3. The maximum atomic E-state index is 6.17. The van der Waals surface area contributed by atoms with E-state index in [-0.39, 0.29) is 6.04 Å². The summed E-state index contributed by atoms with van der Waals surface area (Å²) in [5, 5.41) is 4.33. The average Bonchev–Trinajstić information content (AvgIpc) is 2.38. The van der Waals surface area contributed by atoms with Crippen molar-refractivity contribution in [3.05, 3.63) is 58.1 Å². The zero-order chi connectivity index (χ0) is 13.0. The number of rotatable bonds is 4. The molecule has 0 saturated heterocycles. The quantitative estimate of drug-likeness (QED) is 0.935. The van der Waals surface area contributed by atoms with Gasteiger partial charge in [-0.1, -0.05) is 29.3 Å². The summed E-state index contributed by atoms with van der Waals surface area (Å²) in [4.78, 5) is 8.40. The van der Waals surface area contributed by atoms with Gasteiger partial charge in [-0.3, -0.25) is 9.97 Å². The molecule has 0 aromatic carbocycles. The molecule has 1 atom stereocenters. The molecular weight excluding hydrogens is 269 g/mol. The molecule has 1 unspecified atom stereocenters. The number of halogens is 2. The minimum absolute atomic E-state index is 0.0407. The fraction of sp³-hybridized carbons (Fsp3) is 0.231. The Balaban J connectivity index is 2.23. The molecule has 0 amide bonds. The highest BCUT2D eigenvalue weighted by Crippen LogP contribution is 2.25. The standard InChI is InChI=1S/C13H13Cl2N3/c1-16-12(5-9-3-2-4-17-7-9)13-11(15)6-10(14)8-18-13/h2-4,6-8,12,16H,5H2,1H3. The second-order valence-corrected chi connectivity index (χ2v) is 4.77. The van der Waals surface area contributed by atoms with Gasteiger partial charge in [-0.25, -0.2) is 0 Å². The van der Waals surface area contributed by atoms with E-state index >= 15 is 0 Å². The van der Waals surface area contributed by atoms with Crippen LogP contribution in [0.1, 0.15) is 17.3 Å². The van der Waals surface area contributed by atoms with Crippen molar-refractivity contribution in [2.75, 3.05) is 7.05 Å². The van der Waals surface area contributed by atoms with Crippen LogP contribution < -0.4 is 5.32 Å². The number of hydrogen-bond acceptors (Lipinski definition) is 3. The molecule has 0 fully saturated rings. The van der Waals surface area contributed by atoms with E-state index in [4.69, 9.17) is 23.2 Å². The molecule has 0 radical (unpaired) electrons. The van der Waals surface area contributed by atoms with Crippen molar-refractivity contribution < 1.29 is 0 Å². The van der Waals surface area contributed by atoms with Crippen molar-refractivity contribution in [1.29, 1.82) is 0 Å². The van der Waals surface area contributed by atoms with Crippen LogP contribution in [0.5, 0.6) is 0 Å². The van der Waals surface area contributed by atoms with E-state index in [9.17, 15) is 0 Å². The van der Waals surface area contributed by atoms with E-state index in [0.29, 0.717) is 10.0 Å². The van der Waals surface area contributed by atoms with Crippen molar-refractivity contribution in [3.63, 3.8) is 0 Å². The first-order valence-electron chi connectivity index (χ1n) is 5.58. The van der Waals surface area contributed by atoms with Crippen molar-refractivity contribution in [1.82, 2.24) is 15.3 Å². The van der Waals surface area contributed by atoms with Crippen LogP contribution in [-0.4, -0.2) is 17.0 Å². The zero-order valence-electron chi connectivity index (χ0n) is 9.90. The van der Waals surface area contributed by atoms with E-state index in [2.05, 4.69) is 15.3 Å². The summed E-state index contributed by atoms with van der Waals surface area (Å²) in [6, 6.07) is 5.69. The number of pyridine rings is 2. The molecule has 5 heteroatoms. The summed E-state index contributed by atoms with van der Waals surface area (Å²) in [5.74, 6) is 0. The van der Waals surface area contributed by atoms with Crippen molar-refractivity contribution in [3.8, 4) is 0 Å². The van der Waals surface area contributed by atoms with Crippen LogP contribution in [0, 0.1) is 0 Å². The molecule has 18 heavy (non-hydrogen) atoms. The van der Waals surface area contributed by atoms with Crippen LogP contribution in [-0.2, 0) is 6.42 Å². The molecule has 3 nitrogen and oxygen atoms in total. The van der Waals surface area contributed by atoms with Gasteiger partial charge < -0.3 is 5.32 Å². The normalized spacial score (nSPS) is 12.4. The third-order valence-corrected chi connectivity index (χ3v) is 3.19. The summed E-state index contributed by atoms with van der Waals surface area (Å²) in [6.07, 6.45) is 5.98. The average molecular weight is 282 g/mol. The van der Waals surface area contributed by atoms with Crippen molar-refractivity contribution >= 4 is 23.2 Å². The lowest BCUT2D eigenvalue weighted by Crippen LogP contribution is -2.20. The monoisotopic (exact) mass is 281 g/mol. The van der Waals surface area contributed by atoms with E-state index in [1.165, 1.54) is 0 Å². The van der Waals surface area contributed by atoms with Gasteiger partial charge in [0.2, 0.25) is 0 Å². The van der Waals surface area contributed by atoms with Gasteiger partial charge in [0.1, 0.15) is 0 Å². The molecule has 94 valence electrons. The maximum Gasteiger partial charge on any atom is 0.0763 e. The Kier molecular flexibility index (Phi) is 4.53. The molecule has 0 aliphatic heterocycles. The summed E-state index contributed by atoms with van der Waals surface area (Å²) in [5.41, 5.74) is 1.93. The van der Waals surface area contributed by atoms with E-state index in [0.717, 1.165) is 17.7 Å². The molecular formula is C13H13Cl2N3. The van der Waals surface area contributed by atoms with Crippen LogP contribution in [0.15, 0.2) is 36.8 Å². The molecule has 0 bridgehead atoms. The minimum atomic E-state index is 0.0407. The second kappa shape index (κ2) is 6.14. The van der Waals surface area contributed by atoms with Crippen LogP contribution in [0.4, 0.5) is 0 Å². The van der Waals surface area contributed by atoms with Gasteiger partial charge in [0.15, 0.2) is 0 Å². The highest BCUT2D eigenvalue weighted by molar-refractivity contribution is 6.34. The zero-order valence-corrected chi connectivity index (χ0v) is 11.4. The molecule has 2 heterocycles. The second-order valence-electron chi connectivity index (χ2n) is 3.93. The Morgan fingerprint density at radius 3 is 2.78 bits per heavy atom. The molecule has 2 aromatic heterocycles. The number of hydrogen-bond donors (Lipinski definition) is 1. The maximum absolute atomic E-state index is 6.17. The fourth-order valence-corrected chi connectivity index (χ4v) is 2.28. The highest BCUT2D eigenvalue weighted by atomic mass is 35.5. The van der Waals surface area contributed by atoms with E-state index in [1.807, 2.05) is 25.4 Å². The van der Waals surface area contributed by atoms with Crippen LogP contribution in [0.2, 0.25) is 10.0 Å². The van der Waals surface area contributed by atoms with Crippen LogP contribution in [0.25, 0.3) is 0 Å². The lowest BCUT2D eigenvalue weighted by molar-refractivity contribution is 0.575. The molecule has 2 aromatic rings. The molecule has 0 aliphatic carbocycles. The Morgan fingerprint density at radius 2 is 2.17 bits per heavy atom. The topological polar surface area (TPSA) is 37.8 Å². The lowest BCUT2D eigenvalue weighted by atomic mass is 10.0. The third kappa shape index (κ3) is 3.19.